The molecular weight excluding hydrogens is 260 g/mol. The Morgan fingerprint density at radius 3 is 3.00 bits per heavy atom. The summed E-state index contributed by atoms with van der Waals surface area (Å²) in [5.74, 6) is 2.30. The highest BCUT2D eigenvalue weighted by molar-refractivity contribution is 7.13. The molecule has 0 bridgehead atoms. The Morgan fingerprint density at radius 1 is 1.37 bits per heavy atom. The molecule has 0 amide bonds. The monoisotopic (exact) mass is 274 g/mol. The first-order valence-electron chi connectivity index (χ1n) is 6.15. The SMILES string of the molecule is CCc1nc(C)cn1Cc1nc(-c2cccs2)no1. The van der Waals surface area contributed by atoms with Crippen molar-refractivity contribution in [3.05, 3.63) is 41.1 Å². The van der Waals surface area contributed by atoms with Gasteiger partial charge in [0.2, 0.25) is 11.7 Å². The second kappa shape index (κ2) is 4.97. The number of nitrogens with zero attached hydrogens (tertiary/aromatic N) is 4. The number of rotatable bonds is 4. The van der Waals surface area contributed by atoms with Gasteiger partial charge in [0, 0.05) is 12.6 Å². The molecule has 0 fully saturated rings. The van der Waals surface area contributed by atoms with Gasteiger partial charge in [-0.1, -0.05) is 18.1 Å². The van der Waals surface area contributed by atoms with Gasteiger partial charge in [0.25, 0.3) is 0 Å². The Bertz CT molecular complexity index is 669. The zero-order valence-corrected chi connectivity index (χ0v) is 11.6. The molecular formula is C13H14N4OS. The fraction of sp³-hybridized carbons (Fsp3) is 0.308. The van der Waals surface area contributed by atoms with Gasteiger partial charge in [-0.05, 0) is 18.4 Å². The van der Waals surface area contributed by atoms with Crippen LogP contribution in [0.25, 0.3) is 10.7 Å². The van der Waals surface area contributed by atoms with Crippen molar-refractivity contribution in [2.75, 3.05) is 0 Å². The van der Waals surface area contributed by atoms with Crippen LogP contribution < -0.4 is 0 Å². The van der Waals surface area contributed by atoms with E-state index in [1.807, 2.05) is 30.6 Å². The molecule has 3 aromatic rings. The van der Waals surface area contributed by atoms with E-state index in [-0.39, 0.29) is 0 Å². The first-order valence-corrected chi connectivity index (χ1v) is 7.03. The zero-order chi connectivity index (χ0) is 13.2. The largest absolute Gasteiger partial charge is 0.337 e. The van der Waals surface area contributed by atoms with E-state index in [9.17, 15) is 0 Å². The second-order valence-corrected chi connectivity index (χ2v) is 5.22. The maximum atomic E-state index is 5.30. The Kier molecular flexibility index (Phi) is 3.16. The van der Waals surface area contributed by atoms with Crippen molar-refractivity contribution in [2.24, 2.45) is 0 Å². The van der Waals surface area contributed by atoms with Crippen molar-refractivity contribution in [2.45, 2.75) is 26.8 Å². The number of hydrogen-bond acceptors (Lipinski definition) is 5. The Balaban J connectivity index is 1.84. The van der Waals surface area contributed by atoms with Gasteiger partial charge >= 0.3 is 0 Å². The van der Waals surface area contributed by atoms with Crippen LogP contribution in [-0.2, 0) is 13.0 Å². The fourth-order valence-electron chi connectivity index (χ4n) is 1.99. The highest BCUT2D eigenvalue weighted by Crippen LogP contribution is 2.21. The second-order valence-electron chi connectivity index (χ2n) is 4.27. The van der Waals surface area contributed by atoms with Crippen LogP contribution in [0.1, 0.15) is 24.3 Å². The van der Waals surface area contributed by atoms with Gasteiger partial charge in [-0.15, -0.1) is 11.3 Å². The standard InChI is InChI=1S/C13H14N4OS/c1-3-11-14-9(2)7-17(11)8-12-15-13(16-18-12)10-5-4-6-19-10/h4-7H,3,8H2,1-2H3. The summed E-state index contributed by atoms with van der Waals surface area (Å²) in [5, 5.41) is 6.01. The van der Waals surface area contributed by atoms with Crippen molar-refractivity contribution in [1.82, 2.24) is 19.7 Å². The molecule has 3 rings (SSSR count). The maximum Gasteiger partial charge on any atom is 0.246 e. The van der Waals surface area contributed by atoms with Crippen LogP contribution in [0.5, 0.6) is 0 Å². The van der Waals surface area contributed by atoms with E-state index in [4.69, 9.17) is 4.52 Å². The molecule has 0 spiro atoms. The molecule has 3 aromatic heterocycles. The predicted molar refractivity (Wildman–Crippen MR) is 73.1 cm³/mol. The van der Waals surface area contributed by atoms with Crippen molar-refractivity contribution in [3.8, 4) is 10.7 Å². The molecule has 0 saturated heterocycles. The molecule has 0 aromatic carbocycles. The summed E-state index contributed by atoms with van der Waals surface area (Å²) in [6.07, 6.45) is 2.90. The van der Waals surface area contributed by atoms with Gasteiger partial charge in [-0.3, -0.25) is 0 Å². The van der Waals surface area contributed by atoms with Crippen LogP contribution in [0.15, 0.2) is 28.2 Å². The topological polar surface area (TPSA) is 56.7 Å². The van der Waals surface area contributed by atoms with Gasteiger partial charge in [0.15, 0.2) is 0 Å². The summed E-state index contributed by atoms with van der Waals surface area (Å²) >= 11 is 1.60. The van der Waals surface area contributed by atoms with Gasteiger partial charge < -0.3 is 9.09 Å². The molecule has 0 aliphatic heterocycles. The fourth-order valence-corrected chi connectivity index (χ4v) is 2.64. The summed E-state index contributed by atoms with van der Waals surface area (Å²) in [7, 11) is 0. The molecule has 3 heterocycles. The van der Waals surface area contributed by atoms with E-state index in [2.05, 4.69) is 26.6 Å². The third-order valence-corrected chi connectivity index (χ3v) is 3.68. The number of hydrogen-bond donors (Lipinski definition) is 0. The third kappa shape index (κ3) is 2.44. The molecule has 5 nitrogen and oxygen atoms in total. The van der Waals surface area contributed by atoms with Crippen molar-refractivity contribution in [1.29, 1.82) is 0 Å². The summed E-state index contributed by atoms with van der Waals surface area (Å²) in [6, 6.07) is 3.96. The van der Waals surface area contributed by atoms with E-state index in [0.717, 1.165) is 22.8 Å². The van der Waals surface area contributed by atoms with Gasteiger partial charge in [-0.2, -0.15) is 4.98 Å². The average Bonchev–Trinajstić information content (AvgIpc) is 3.09. The molecule has 0 aliphatic rings. The highest BCUT2D eigenvalue weighted by Gasteiger charge is 2.11. The van der Waals surface area contributed by atoms with Crippen molar-refractivity contribution < 1.29 is 4.52 Å². The summed E-state index contributed by atoms with van der Waals surface area (Å²) in [5.41, 5.74) is 1.01. The number of aryl methyl sites for hydroxylation is 2. The first kappa shape index (κ1) is 12.1. The lowest BCUT2D eigenvalue weighted by atomic mass is 10.4. The number of imidazole rings is 1. The van der Waals surface area contributed by atoms with Crippen LogP contribution >= 0.6 is 11.3 Å². The molecule has 6 heteroatoms. The minimum absolute atomic E-state index is 0.572. The molecule has 0 aliphatic carbocycles. The lowest BCUT2D eigenvalue weighted by molar-refractivity contribution is 0.370. The van der Waals surface area contributed by atoms with E-state index < -0.39 is 0 Å². The van der Waals surface area contributed by atoms with Crippen LogP contribution in [-0.4, -0.2) is 19.7 Å². The molecule has 0 radical (unpaired) electrons. The average molecular weight is 274 g/mol. The lowest BCUT2D eigenvalue weighted by Gasteiger charge is -2.01. The molecule has 0 N–H and O–H groups in total. The summed E-state index contributed by atoms with van der Waals surface area (Å²) < 4.78 is 7.35. The van der Waals surface area contributed by atoms with E-state index in [0.29, 0.717) is 18.3 Å². The summed E-state index contributed by atoms with van der Waals surface area (Å²) in [6.45, 7) is 4.64. The summed E-state index contributed by atoms with van der Waals surface area (Å²) in [4.78, 5) is 9.89. The normalized spacial score (nSPS) is 11.1. The molecule has 0 atom stereocenters. The van der Waals surface area contributed by atoms with Gasteiger partial charge in [0.1, 0.15) is 12.4 Å². The van der Waals surface area contributed by atoms with Gasteiger partial charge in [-0.25, -0.2) is 4.98 Å². The molecule has 98 valence electrons. The maximum absolute atomic E-state index is 5.30. The minimum atomic E-state index is 0.572. The number of aromatic nitrogens is 4. The van der Waals surface area contributed by atoms with Crippen LogP contribution in [0.2, 0.25) is 0 Å². The lowest BCUT2D eigenvalue weighted by Crippen LogP contribution is -2.03. The first-order chi connectivity index (χ1) is 9.26. The molecule has 0 saturated carbocycles. The number of thiophene rings is 1. The van der Waals surface area contributed by atoms with Gasteiger partial charge in [0.05, 0.1) is 10.6 Å². The van der Waals surface area contributed by atoms with E-state index in [1.54, 1.807) is 11.3 Å². The van der Waals surface area contributed by atoms with Crippen LogP contribution in [0.3, 0.4) is 0 Å². The molecule has 19 heavy (non-hydrogen) atoms. The smallest absolute Gasteiger partial charge is 0.246 e. The van der Waals surface area contributed by atoms with Crippen molar-refractivity contribution >= 4 is 11.3 Å². The Morgan fingerprint density at radius 2 is 2.26 bits per heavy atom. The van der Waals surface area contributed by atoms with Crippen LogP contribution in [0, 0.1) is 6.92 Å². The minimum Gasteiger partial charge on any atom is -0.337 e. The zero-order valence-electron chi connectivity index (χ0n) is 10.8. The van der Waals surface area contributed by atoms with Crippen molar-refractivity contribution in [3.63, 3.8) is 0 Å². The van der Waals surface area contributed by atoms with E-state index >= 15 is 0 Å². The highest BCUT2D eigenvalue weighted by atomic mass is 32.1. The van der Waals surface area contributed by atoms with E-state index in [1.165, 1.54) is 0 Å². The molecule has 0 unspecified atom stereocenters. The Hall–Kier alpha value is -1.95. The predicted octanol–water partition coefficient (Wildman–Crippen LogP) is 2.91. The third-order valence-electron chi connectivity index (χ3n) is 2.81. The quantitative estimate of drug-likeness (QED) is 0.734. The van der Waals surface area contributed by atoms with Crippen LogP contribution in [0.4, 0.5) is 0 Å². The Labute approximate surface area is 114 Å².